The SMILES string of the molecule is CC(C)n1c(SCC(=O)Nc2nc(-c3cc(F)ccc3F)cs2)nc2ccccc2c1=O. The molecule has 32 heavy (non-hydrogen) atoms. The van der Waals surface area contributed by atoms with Crippen LogP contribution in [-0.4, -0.2) is 26.2 Å². The Morgan fingerprint density at radius 1 is 1.19 bits per heavy atom. The summed E-state index contributed by atoms with van der Waals surface area (Å²) in [7, 11) is 0. The van der Waals surface area contributed by atoms with Crippen LogP contribution in [0.1, 0.15) is 19.9 Å². The van der Waals surface area contributed by atoms with Crippen molar-refractivity contribution in [2.75, 3.05) is 11.1 Å². The van der Waals surface area contributed by atoms with Crippen molar-refractivity contribution in [3.63, 3.8) is 0 Å². The molecule has 1 amide bonds. The highest BCUT2D eigenvalue weighted by Gasteiger charge is 2.16. The maximum Gasteiger partial charge on any atom is 0.262 e. The van der Waals surface area contributed by atoms with Crippen LogP contribution in [0.25, 0.3) is 22.2 Å². The number of nitrogens with zero attached hydrogens (tertiary/aromatic N) is 3. The normalized spacial score (nSPS) is 11.3. The lowest BCUT2D eigenvalue weighted by Gasteiger charge is -2.15. The summed E-state index contributed by atoms with van der Waals surface area (Å²) in [5.41, 5.74) is 0.673. The van der Waals surface area contributed by atoms with Gasteiger partial charge in [0, 0.05) is 17.0 Å². The summed E-state index contributed by atoms with van der Waals surface area (Å²) < 4.78 is 29.0. The van der Waals surface area contributed by atoms with Crippen LogP contribution in [0.4, 0.5) is 13.9 Å². The van der Waals surface area contributed by atoms with Crippen LogP contribution in [-0.2, 0) is 4.79 Å². The van der Waals surface area contributed by atoms with Crippen LogP contribution in [0, 0.1) is 11.6 Å². The smallest absolute Gasteiger partial charge is 0.262 e. The van der Waals surface area contributed by atoms with Crippen molar-refractivity contribution >= 4 is 45.0 Å². The van der Waals surface area contributed by atoms with Crippen molar-refractivity contribution in [2.24, 2.45) is 0 Å². The number of amides is 1. The van der Waals surface area contributed by atoms with Gasteiger partial charge in [0.05, 0.1) is 22.3 Å². The molecule has 0 unspecified atom stereocenters. The molecule has 0 saturated heterocycles. The second-order valence-electron chi connectivity index (χ2n) is 7.18. The fourth-order valence-corrected chi connectivity index (χ4v) is 4.77. The average Bonchev–Trinajstić information content (AvgIpc) is 3.22. The van der Waals surface area contributed by atoms with E-state index in [0.29, 0.717) is 16.1 Å². The molecule has 6 nitrogen and oxygen atoms in total. The molecule has 0 saturated carbocycles. The van der Waals surface area contributed by atoms with Gasteiger partial charge >= 0.3 is 0 Å². The standard InChI is InChI=1S/C22H18F2N4O2S2/c1-12(2)28-20(30)14-5-3-4-6-17(14)26-22(28)32-11-19(29)27-21-25-18(10-31-21)15-9-13(23)7-8-16(15)24/h3-10,12H,11H2,1-2H3,(H,25,27,29). The number of halogens is 2. The second kappa shape index (κ2) is 9.17. The minimum atomic E-state index is -0.598. The molecule has 2 aromatic heterocycles. The number of thioether (sulfide) groups is 1. The molecular weight excluding hydrogens is 454 g/mol. The molecule has 2 aromatic carbocycles. The maximum atomic E-state index is 14.0. The predicted molar refractivity (Wildman–Crippen MR) is 123 cm³/mol. The molecule has 164 valence electrons. The van der Waals surface area contributed by atoms with Gasteiger partial charge in [-0.25, -0.2) is 18.7 Å². The Hall–Kier alpha value is -3.11. The first kappa shape index (κ1) is 22.1. The van der Waals surface area contributed by atoms with Gasteiger partial charge in [0.15, 0.2) is 10.3 Å². The molecule has 0 aliphatic heterocycles. The Labute approximate surface area is 190 Å². The maximum absolute atomic E-state index is 14.0. The van der Waals surface area contributed by atoms with E-state index >= 15 is 0 Å². The molecule has 0 aliphatic carbocycles. The Balaban J connectivity index is 1.50. The summed E-state index contributed by atoms with van der Waals surface area (Å²) in [4.78, 5) is 34.1. The predicted octanol–water partition coefficient (Wildman–Crippen LogP) is 5.11. The lowest BCUT2D eigenvalue weighted by Crippen LogP contribution is -2.25. The van der Waals surface area contributed by atoms with Crippen molar-refractivity contribution in [3.05, 3.63) is 69.8 Å². The van der Waals surface area contributed by atoms with E-state index in [2.05, 4.69) is 15.3 Å². The van der Waals surface area contributed by atoms with Crippen LogP contribution >= 0.6 is 23.1 Å². The van der Waals surface area contributed by atoms with E-state index in [1.54, 1.807) is 34.2 Å². The lowest BCUT2D eigenvalue weighted by atomic mass is 10.1. The molecule has 4 rings (SSSR count). The number of nitrogens with one attached hydrogen (secondary N) is 1. The number of carbonyl (C=O) groups excluding carboxylic acids is 1. The topological polar surface area (TPSA) is 76.9 Å². The van der Waals surface area contributed by atoms with Gasteiger partial charge < -0.3 is 5.32 Å². The van der Waals surface area contributed by atoms with E-state index < -0.39 is 11.6 Å². The fourth-order valence-electron chi connectivity index (χ4n) is 3.12. The highest BCUT2D eigenvalue weighted by molar-refractivity contribution is 7.99. The minimum Gasteiger partial charge on any atom is -0.301 e. The van der Waals surface area contributed by atoms with E-state index in [9.17, 15) is 18.4 Å². The quantitative estimate of drug-likeness (QED) is 0.312. The summed E-state index contributed by atoms with van der Waals surface area (Å²) in [6.07, 6.45) is 0. The van der Waals surface area contributed by atoms with Crippen molar-refractivity contribution in [1.29, 1.82) is 0 Å². The van der Waals surface area contributed by atoms with Gasteiger partial charge in [-0.15, -0.1) is 11.3 Å². The number of thiazole rings is 1. The Morgan fingerprint density at radius 3 is 2.75 bits per heavy atom. The Morgan fingerprint density at radius 2 is 1.97 bits per heavy atom. The minimum absolute atomic E-state index is 0.000734. The Bertz CT molecular complexity index is 1370. The number of hydrogen-bond donors (Lipinski definition) is 1. The monoisotopic (exact) mass is 472 g/mol. The first-order chi connectivity index (χ1) is 15.3. The van der Waals surface area contributed by atoms with E-state index in [0.717, 1.165) is 41.3 Å². The highest BCUT2D eigenvalue weighted by atomic mass is 32.2. The zero-order valence-electron chi connectivity index (χ0n) is 17.1. The molecule has 0 aliphatic rings. The molecule has 1 N–H and O–H groups in total. The van der Waals surface area contributed by atoms with Gasteiger partial charge in [-0.3, -0.25) is 14.2 Å². The van der Waals surface area contributed by atoms with Gasteiger partial charge in [0.1, 0.15) is 11.6 Å². The summed E-state index contributed by atoms with van der Waals surface area (Å²) in [6, 6.07) is 10.1. The Kier molecular flexibility index (Phi) is 6.33. The largest absolute Gasteiger partial charge is 0.301 e. The number of rotatable bonds is 6. The van der Waals surface area contributed by atoms with E-state index in [4.69, 9.17) is 0 Å². The molecular formula is C22H18F2N4O2S2. The van der Waals surface area contributed by atoms with Crippen LogP contribution in [0.2, 0.25) is 0 Å². The lowest BCUT2D eigenvalue weighted by molar-refractivity contribution is -0.113. The summed E-state index contributed by atoms with van der Waals surface area (Å²) in [5.74, 6) is -1.52. The third-order valence-electron chi connectivity index (χ3n) is 4.58. The molecule has 0 radical (unpaired) electrons. The van der Waals surface area contributed by atoms with Crippen LogP contribution in [0.5, 0.6) is 0 Å². The molecule has 0 bridgehead atoms. The van der Waals surface area contributed by atoms with Crippen molar-refractivity contribution in [2.45, 2.75) is 25.0 Å². The number of aromatic nitrogens is 3. The second-order valence-corrected chi connectivity index (χ2v) is 8.98. The number of para-hydroxylation sites is 1. The van der Waals surface area contributed by atoms with Crippen LogP contribution in [0.3, 0.4) is 0 Å². The van der Waals surface area contributed by atoms with Gasteiger partial charge in [-0.2, -0.15) is 0 Å². The van der Waals surface area contributed by atoms with E-state index in [1.165, 1.54) is 0 Å². The summed E-state index contributed by atoms with van der Waals surface area (Å²) >= 11 is 2.26. The van der Waals surface area contributed by atoms with Crippen molar-refractivity contribution in [1.82, 2.24) is 14.5 Å². The number of carbonyl (C=O) groups is 1. The number of hydrogen-bond acceptors (Lipinski definition) is 6. The molecule has 0 spiro atoms. The van der Waals surface area contributed by atoms with Gasteiger partial charge in [0.2, 0.25) is 5.91 Å². The third kappa shape index (κ3) is 4.56. The molecule has 2 heterocycles. The number of fused-ring (bicyclic) bond motifs is 1. The molecule has 0 fully saturated rings. The summed E-state index contributed by atoms with van der Waals surface area (Å²) in [6.45, 7) is 3.76. The number of anilines is 1. The van der Waals surface area contributed by atoms with E-state index in [-0.39, 0.29) is 39.7 Å². The van der Waals surface area contributed by atoms with Gasteiger partial charge in [0.25, 0.3) is 5.56 Å². The van der Waals surface area contributed by atoms with Gasteiger partial charge in [-0.1, -0.05) is 23.9 Å². The van der Waals surface area contributed by atoms with Crippen molar-refractivity contribution < 1.29 is 13.6 Å². The van der Waals surface area contributed by atoms with Crippen LogP contribution in [0.15, 0.2) is 57.8 Å². The zero-order valence-corrected chi connectivity index (χ0v) is 18.8. The van der Waals surface area contributed by atoms with E-state index in [1.807, 2.05) is 13.8 Å². The fraction of sp³-hybridized carbons (Fsp3) is 0.182. The van der Waals surface area contributed by atoms with Crippen LogP contribution < -0.4 is 10.9 Å². The number of benzene rings is 2. The molecule has 0 atom stereocenters. The summed E-state index contributed by atoms with van der Waals surface area (Å²) in [5, 5.41) is 5.43. The average molecular weight is 473 g/mol. The first-order valence-electron chi connectivity index (χ1n) is 9.68. The zero-order chi connectivity index (χ0) is 22.8. The highest BCUT2D eigenvalue weighted by Crippen LogP contribution is 2.28. The third-order valence-corrected chi connectivity index (χ3v) is 6.29. The van der Waals surface area contributed by atoms with Gasteiger partial charge in [-0.05, 0) is 44.2 Å². The molecule has 4 aromatic rings. The first-order valence-corrected chi connectivity index (χ1v) is 11.5. The van der Waals surface area contributed by atoms with Crippen molar-refractivity contribution in [3.8, 4) is 11.3 Å². The molecule has 10 heteroatoms.